The number of carbonyl (C=O) groups excluding carboxylic acids is 1. The average molecular weight is 272 g/mol. The molecule has 0 atom stereocenters. The van der Waals surface area contributed by atoms with Crippen molar-refractivity contribution in [3.63, 3.8) is 0 Å². The second-order valence-corrected chi connectivity index (χ2v) is 5.96. The lowest BCUT2D eigenvalue weighted by atomic mass is 9.80. The number of rotatable bonds is 1. The molecular formula is C16H20N2O2. The number of amides is 1. The minimum atomic E-state index is -0.323. The fraction of sp³-hybridized carbons (Fsp3) is 0.500. The largest absolute Gasteiger partial charge is 0.378 e. The smallest absolute Gasteiger partial charge is 0.269 e. The Bertz CT molecular complexity index is 584. The molecule has 3 rings (SSSR count). The van der Waals surface area contributed by atoms with Crippen LogP contribution in [0, 0.1) is 6.92 Å². The molecule has 1 fully saturated rings. The predicted octanol–water partition coefficient (Wildman–Crippen LogP) is 2.22. The van der Waals surface area contributed by atoms with Gasteiger partial charge < -0.3 is 9.64 Å². The molecule has 0 aromatic heterocycles. The molecule has 1 amide bonds. The maximum Gasteiger partial charge on any atom is 0.269 e. The molecule has 1 saturated heterocycles. The van der Waals surface area contributed by atoms with Crippen LogP contribution in [0.25, 0.3) is 0 Å². The zero-order valence-electron chi connectivity index (χ0n) is 12.3. The van der Waals surface area contributed by atoms with Crippen LogP contribution in [0.15, 0.2) is 23.2 Å². The summed E-state index contributed by atoms with van der Waals surface area (Å²) in [6.07, 6.45) is 0. The van der Waals surface area contributed by atoms with Crippen LogP contribution >= 0.6 is 0 Å². The summed E-state index contributed by atoms with van der Waals surface area (Å²) in [6, 6.07) is 6.15. The Morgan fingerprint density at radius 3 is 2.65 bits per heavy atom. The maximum absolute atomic E-state index is 12.7. The highest BCUT2D eigenvalue weighted by Gasteiger charge is 2.41. The van der Waals surface area contributed by atoms with Crippen LogP contribution in [0.2, 0.25) is 0 Å². The van der Waals surface area contributed by atoms with Gasteiger partial charge in [0.05, 0.1) is 18.9 Å². The fourth-order valence-corrected chi connectivity index (χ4v) is 2.92. The van der Waals surface area contributed by atoms with Crippen LogP contribution in [0.1, 0.15) is 25.0 Å². The van der Waals surface area contributed by atoms with Gasteiger partial charge in [-0.05, 0) is 31.9 Å². The standard InChI is InChI=1S/C16H20N2O2/c1-11-5-4-6-12-13(11)17-14(16(12,2)3)15(19)18-7-9-20-10-8-18/h4-6H,7-10H2,1-3H3. The molecule has 2 aliphatic rings. The fourth-order valence-electron chi connectivity index (χ4n) is 2.92. The van der Waals surface area contributed by atoms with E-state index in [2.05, 4.69) is 24.9 Å². The van der Waals surface area contributed by atoms with Crippen molar-refractivity contribution in [2.45, 2.75) is 26.2 Å². The van der Waals surface area contributed by atoms with Gasteiger partial charge in [-0.2, -0.15) is 0 Å². The number of aryl methyl sites for hydroxylation is 1. The number of benzene rings is 1. The normalized spacial score (nSPS) is 20.6. The van der Waals surface area contributed by atoms with Gasteiger partial charge in [0.25, 0.3) is 5.91 Å². The topological polar surface area (TPSA) is 41.9 Å². The molecule has 0 radical (unpaired) electrons. The van der Waals surface area contributed by atoms with Crippen molar-refractivity contribution in [2.24, 2.45) is 4.99 Å². The summed E-state index contributed by atoms with van der Waals surface area (Å²) in [5.41, 5.74) is 3.57. The first-order valence-corrected chi connectivity index (χ1v) is 7.08. The first-order valence-electron chi connectivity index (χ1n) is 7.08. The molecule has 4 nitrogen and oxygen atoms in total. The van der Waals surface area contributed by atoms with Gasteiger partial charge in [-0.1, -0.05) is 18.2 Å². The van der Waals surface area contributed by atoms with Gasteiger partial charge in [0.15, 0.2) is 0 Å². The Hall–Kier alpha value is -1.68. The Labute approximate surface area is 119 Å². The second-order valence-electron chi connectivity index (χ2n) is 5.96. The number of hydrogen-bond acceptors (Lipinski definition) is 3. The van der Waals surface area contributed by atoms with E-state index in [0.29, 0.717) is 32.0 Å². The third-order valence-electron chi connectivity index (χ3n) is 4.23. The van der Waals surface area contributed by atoms with E-state index in [1.807, 2.05) is 24.0 Å². The highest BCUT2D eigenvalue weighted by atomic mass is 16.5. The number of ether oxygens (including phenoxy) is 1. The van der Waals surface area contributed by atoms with Crippen LogP contribution in [0.3, 0.4) is 0 Å². The van der Waals surface area contributed by atoms with Gasteiger partial charge in [-0.15, -0.1) is 0 Å². The molecule has 4 heteroatoms. The van der Waals surface area contributed by atoms with Gasteiger partial charge >= 0.3 is 0 Å². The van der Waals surface area contributed by atoms with Crippen molar-refractivity contribution in [2.75, 3.05) is 26.3 Å². The van der Waals surface area contributed by atoms with Crippen LogP contribution in [-0.4, -0.2) is 42.8 Å². The summed E-state index contributed by atoms with van der Waals surface area (Å²) in [4.78, 5) is 19.3. The number of carbonyl (C=O) groups is 1. The molecule has 1 aromatic rings. The monoisotopic (exact) mass is 272 g/mol. The summed E-state index contributed by atoms with van der Waals surface area (Å²) >= 11 is 0. The van der Waals surface area contributed by atoms with Crippen molar-refractivity contribution in [3.05, 3.63) is 29.3 Å². The first-order chi connectivity index (χ1) is 9.51. The van der Waals surface area contributed by atoms with Crippen molar-refractivity contribution >= 4 is 17.3 Å². The van der Waals surface area contributed by atoms with Crippen molar-refractivity contribution < 1.29 is 9.53 Å². The zero-order valence-corrected chi connectivity index (χ0v) is 12.3. The van der Waals surface area contributed by atoms with Gasteiger partial charge in [0.2, 0.25) is 0 Å². The van der Waals surface area contributed by atoms with E-state index in [1.54, 1.807) is 0 Å². The van der Waals surface area contributed by atoms with Gasteiger partial charge in [-0.3, -0.25) is 4.79 Å². The molecule has 0 spiro atoms. The summed E-state index contributed by atoms with van der Waals surface area (Å²) < 4.78 is 5.31. The third kappa shape index (κ3) is 1.95. The molecule has 106 valence electrons. The molecule has 20 heavy (non-hydrogen) atoms. The number of para-hydroxylation sites is 1. The van der Waals surface area contributed by atoms with E-state index < -0.39 is 0 Å². The lowest BCUT2D eigenvalue weighted by Gasteiger charge is -2.30. The third-order valence-corrected chi connectivity index (χ3v) is 4.23. The summed E-state index contributed by atoms with van der Waals surface area (Å²) in [5.74, 6) is 0.0499. The molecule has 0 bridgehead atoms. The molecule has 0 saturated carbocycles. The molecule has 0 N–H and O–H groups in total. The van der Waals surface area contributed by atoms with Crippen molar-refractivity contribution in [1.82, 2.24) is 4.90 Å². The van der Waals surface area contributed by atoms with Crippen molar-refractivity contribution in [1.29, 1.82) is 0 Å². The highest BCUT2D eigenvalue weighted by Crippen LogP contribution is 2.42. The van der Waals surface area contributed by atoms with Crippen LogP contribution in [0.4, 0.5) is 5.69 Å². The molecule has 2 heterocycles. The van der Waals surface area contributed by atoms with Crippen molar-refractivity contribution in [3.8, 4) is 0 Å². The number of hydrogen-bond donors (Lipinski definition) is 0. The van der Waals surface area contributed by atoms with Gasteiger partial charge in [0.1, 0.15) is 5.71 Å². The SMILES string of the molecule is Cc1cccc2c1N=C(C(=O)N1CCOCC1)C2(C)C. The number of fused-ring (bicyclic) bond motifs is 1. The maximum atomic E-state index is 12.7. The summed E-state index contributed by atoms with van der Waals surface area (Å²) in [7, 11) is 0. The predicted molar refractivity (Wildman–Crippen MR) is 78.7 cm³/mol. The minimum Gasteiger partial charge on any atom is -0.378 e. The quantitative estimate of drug-likeness (QED) is 0.786. The molecule has 0 aliphatic carbocycles. The van der Waals surface area contributed by atoms with E-state index in [1.165, 1.54) is 0 Å². The van der Waals surface area contributed by atoms with Gasteiger partial charge in [-0.25, -0.2) is 4.99 Å². The molecule has 1 aromatic carbocycles. The number of morpholine rings is 1. The van der Waals surface area contributed by atoms with E-state index in [0.717, 1.165) is 16.8 Å². The van der Waals surface area contributed by atoms with E-state index in [4.69, 9.17) is 4.74 Å². The van der Waals surface area contributed by atoms with Crippen LogP contribution in [0.5, 0.6) is 0 Å². The Balaban J connectivity index is 1.97. The molecule has 0 unspecified atom stereocenters. The summed E-state index contributed by atoms with van der Waals surface area (Å²) in [6.45, 7) is 8.74. The Kier molecular flexibility index (Phi) is 3.13. The number of aliphatic imine (C=N–C) groups is 1. The lowest BCUT2D eigenvalue weighted by Crippen LogP contribution is -2.47. The first kappa shape index (κ1) is 13.3. The second kappa shape index (κ2) is 4.70. The molecule has 2 aliphatic heterocycles. The Morgan fingerprint density at radius 2 is 2.00 bits per heavy atom. The van der Waals surface area contributed by atoms with E-state index in [-0.39, 0.29) is 11.3 Å². The number of nitrogens with zero attached hydrogens (tertiary/aromatic N) is 2. The lowest BCUT2D eigenvalue weighted by molar-refractivity contribution is -0.128. The minimum absolute atomic E-state index is 0.0499. The zero-order chi connectivity index (χ0) is 14.3. The van der Waals surface area contributed by atoms with Crippen LogP contribution < -0.4 is 0 Å². The van der Waals surface area contributed by atoms with Gasteiger partial charge in [0, 0.05) is 18.5 Å². The van der Waals surface area contributed by atoms with E-state index in [9.17, 15) is 4.79 Å². The highest BCUT2D eigenvalue weighted by molar-refractivity contribution is 6.43. The van der Waals surface area contributed by atoms with Crippen LogP contribution in [-0.2, 0) is 14.9 Å². The summed E-state index contributed by atoms with van der Waals surface area (Å²) in [5, 5.41) is 0. The Morgan fingerprint density at radius 1 is 1.30 bits per heavy atom. The average Bonchev–Trinajstić information content (AvgIpc) is 2.72. The molecular weight excluding hydrogens is 252 g/mol. The van der Waals surface area contributed by atoms with E-state index >= 15 is 0 Å².